The van der Waals surface area contributed by atoms with Crippen molar-refractivity contribution in [2.24, 2.45) is 5.92 Å². The highest BCUT2D eigenvalue weighted by Gasteiger charge is 2.38. The molecule has 1 aliphatic rings. The number of benzene rings is 1. The molecule has 0 saturated carbocycles. The van der Waals surface area contributed by atoms with Crippen LogP contribution in [0.25, 0.3) is 0 Å². The first kappa shape index (κ1) is 18.5. The summed E-state index contributed by atoms with van der Waals surface area (Å²) in [4.78, 5) is 37.4. The van der Waals surface area contributed by atoms with Crippen molar-refractivity contribution in [3.8, 4) is 0 Å². The van der Waals surface area contributed by atoms with E-state index in [2.05, 4.69) is 5.32 Å². The van der Waals surface area contributed by atoms with Crippen molar-refractivity contribution in [2.75, 3.05) is 11.4 Å². The first-order chi connectivity index (χ1) is 11.3. The number of halogens is 2. The van der Waals surface area contributed by atoms with Crippen LogP contribution < -0.4 is 10.2 Å². The number of carbonyl (C=O) groups is 3. The fourth-order valence-corrected chi connectivity index (χ4v) is 2.94. The van der Waals surface area contributed by atoms with Crippen molar-refractivity contribution in [1.82, 2.24) is 5.32 Å². The first-order valence-electron chi connectivity index (χ1n) is 7.64. The number of carbonyl (C=O) groups excluding carboxylic acids is 2. The molecule has 8 heteroatoms. The number of hydrogen-bond donors (Lipinski definition) is 2. The summed E-state index contributed by atoms with van der Waals surface area (Å²) in [5, 5.41) is 12.3. The topological polar surface area (TPSA) is 86.7 Å². The van der Waals surface area contributed by atoms with Crippen molar-refractivity contribution in [3.05, 3.63) is 28.2 Å². The second kappa shape index (κ2) is 7.85. The fraction of sp³-hybridized carbons (Fsp3) is 0.438. The average molecular weight is 373 g/mol. The van der Waals surface area contributed by atoms with Gasteiger partial charge in [-0.05, 0) is 31.0 Å². The number of rotatable bonds is 6. The number of nitrogens with one attached hydrogen (secondary N) is 1. The van der Waals surface area contributed by atoms with Crippen LogP contribution in [0.15, 0.2) is 18.2 Å². The molecule has 1 aliphatic heterocycles. The Morgan fingerprint density at radius 1 is 1.38 bits per heavy atom. The van der Waals surface area contributed by atoms with Gasteiger partial charge in [0.1, 0.15) is 12.0 Å². The molecule has 0 bridgehead atoms. The highest BCUT2D eigenvalue weighted by Crippen LogP contribution is 2.31. The first-order valence-corrected chi connectivity index (χ1v) is 8.40. The number of nitrogens with zero attached hydrogens (tertiary/aromatic N) is 1. The molecule has 1 aromatic rings. The molecule has 1 heterocycles. The molecule has 2 unspecified atom stereocenters. The molecule has 130 valence electrons. The Morgan fingerprint density at radius 3 is 2.67 bits per heavy atom. The molecular weight excluding hydrogens is 355 g/mol. The van der Waals surface area contributed by atoms with Gasteiger partial charge in [-0.1, -0.05) is 36.5 Å². The summed E-state index contributed by atoms with van der Waals surface area (Å²) < 4.78 is 0. The van der Waals surface area contributed by atoms with Crippen LogP contribution in [0.4, 0.5) is 5.69 Å². The molecule has 0 aromatic heterocycles. The maximum absolute atomic E-state index is 12.5. The molecule has 0 aliphatic carbocycles. The quantitative estimate of drug-likeness (QED) is 0.751. The van der Waals surface area contributed by atoms with Gasteiger partial charge >= 0.3 is 5.97 Å². The van der Waals surface area contributed by atoms with Crippen LogP contribution in [-0.4, -0.2) is 35.5 Å². The van der Waals surface area contributed by atoms with Crippen LogP contribution in [0.2, 0.25) is 10.0 Å². The lowest BCUT2D eigenvalue weighted by atomic mass is 10.1. The Kier molecular flexibility index (Phi) is 6.07. The number of carboxylic acids is 1. The number of carboxylic acid groups (broad SMARTS) is 1. The normalized spacial score (nSPS) is 18.5. The number of aliphatic carboxylic acids is 1. The molecular formula is C16H18Cl2N2O4. The van der Waals surface area contributed by atoms with Gasteiger partial charge in [-0.2, -0.15) is 0 Å². The van der Waals surface area contributed by atoms with Crippen LogP contribution in [0, 0.1) is 5.92 Å². The largest absolute Gasteiger partial charge is 0.480 e. The minimum Gasteiger partial charge on any atom is -0.480 e. The molecule has 0 radical (unpaired) electrons. The maximum Gasteiger partial charge on any atom is 0.326 e. The molecule has 1 fully saturated rings. The van der Waals surface area contributed by atoms with Crippen molar-refractivity contribution in [2.45, 2.75) is 32.2 Å². The van der Waals surface area contributed by atoms with Crippen molar-refractivity contribution < 1.29 is 19.5 Å². The van der Waals surface area contributed by atoms with E-state index in [9.17, 15) is 14.4 Å². The van der Waals surface area contributed by atoms with E-state index in [0.717, 1.165) is 0 Å². The van der Waals surface area contributed by atoms with Crippen LogP contribution in [0.5, 0.6) is 0 Å². The minimum absolute atomic E-state index is 0.318. The molecule has 6 nitrogen and oxygen atoms in total. The van der Waals surface area contributed by atoms with Crippen LogP contribution in [0.3, 0.4) is 0 Å². The molecule has 2 amide bonds. The second-order valence-corrected chi connectivity index (χ2v) is 6.43. The van der Waals surface area contributed by atoms with E-state index in [1.54, 1.807) is 18.2 Å². The highest BCUT2D eigenvalue weighted by atomic mass is 35.5. The second-order valence-electron chi connectivity index (χ2n) is 5.62. The average Bonchev–Trinajstić information content (AvgIpc) is 2.91. The van der Waals surface area contributed by atoms with Crippen molar-refractivity contribution in [3.63, 3.8) is 0 Å². The summed E-state index contributed by atoms with van der Waals surface area (Å²) >= 11 is 11.8. The smallest absolute Gasteiger partial charge is 0.326 e. The van der Waals surface area contributed by atoms with Crippen LogP contribution >= 0.6 is 23.2 Å². The minimum atomic E-state index is -1.10. The third kappa shape index (κ3) is 3.99. The van der Waals surface area contributed by atoms with E-state index in [1.165, 1.54) is 4.90 Å². The Labute approximate surface area is 149 Å². The molecule has 2 atom stereocenters. The Hall–Kier alpha value is -1.79. The van der Waals surface area contributed by atoms with Crippen LogP contribution in [-0.2, 0) is 14.4 Å². The lowest BCUT2D eigenvalue weighted by molar-refractivity contribution is -0.143. The van der Waals surface area contributed by atoms with Gasteiger partial charge in [-0.3, -0.25) is 9.59 Å². The zero-order valence-corrected chi connectivity index (χ0v) is 14.6. The van der Waals surface area contributed by atoms with E-state index >= 15 is 0 Å². The SMILES string of the molecule is CCCC(NC(=O)C1CCN(c2ccc(Cl)c(Cl)c2)C1=O)C(=O)O. The zero-order chi connectivity index (χ0) is 17.9. The number of anilines is 1. The predicted octanol–water partition coefficient (Wildman–Crippen LogP) is 2.72. The summed E-state index contributed by atoms with van der Waals surface area (Å²) in [6, 6.07) is 3.83. The van der Waals surface area contributed by atoms with Gasteiger partial charge in [0.25, 0.3) is 0 Å². The summed E-state index contributed by atoms with van der Waals surface area (Å²) in [5.41, 5.74) is 0.563. The van der Waals surface area contributed by atoms with Crippen LogP contribution in [0.1, 0.15) is 26.2 Å². The lowest BCUT2D eigenvalue weighted by Crippen LogP contribution is -2.45. The Bertz CT molecular complexity index is 665. The molecule has 0 spiro atoms. The van der Waals surface area contributed by atoms with Gasteiger partial charge in [0.15, 0.2) is 0 Å². The fourth-order valence-electron chi connectivity index (χ4n) is 2.65. The van der Waals surface area contributed by atoms with Gasteiger partial charge in [-0.25, -0.2) is 4.79 Å². The van der Waals surface area contributed by atoms with E-state index in [1.807, 2.05) is 6.92 Å². The highest BCUT2D eigenvalue weighted by molar-refractivity contribution is 6.42. The van der Waals surface area contributed by atoms with Gasteiger partial charge in [0.2, 0.25) is 11.8 Å². The summed E-state index contributed by atoms with van der Waals surface area (Å²) in [5.74, 6) is -2.91. The van der Waals surface area contributed by atoms with Crippen molar-refractivity contribution >= 4 is 46.7 Å². The van der Waals surface area contributed by atoms with Crippen molar-refractivity contribution in [1.29, 1.82) is 0 Å². The standard InChI is InChI=1S/C16H18Cl2N2O4/c1-2-3-13(16(23)24)19-14(21)10-6-7-20(15(10)22)9-4-5-11(17)12(18)8-9/h4-5,8,10,13H,2-3,6-7H2,1H3,(H,19,21)(H,23,24). The number of hydrogen-bond acceptors (Lipinski definition) is 3. The molecule has 1 aromatic carbocycles. The third-order valence-electron chi connectivity index (χ3n) is 3.93. The summed E-state index contributed by atoms with van der Waals surface area (Å²) in [7, 11) is 0. The molecule has 2 rings (SSSR count). The van der Waals surface area contributed by atoms with E-state index in [4.69, 9.17) is 28.3 Å². The number of amides is 2. The monoisotopic (exact) mass is 372 g/mol. The summed E-state index contributed by atoms with van der Waals surface area (Å²) in [6.07, 6.45) is 1.26. The van der Waals surface area contributed by atoms with E-state index < -0.39 is 23.8 Å². The maximum atomic E-state index is 12.5. The lowest BCUT2D eigenvalue weighted by Gasteiger charge is -2.18. The van der Waals surface area contributed by atoms with E-state index in [-0.39, 0.29) is 5.91 Å². The van der Waals surface area contributed by atoms with Gasteiger partial charge < -0.3 is 15.3 Å². The predicted molar refractivity (Wildman–Crippen MR) is 91.4 cm³/mol. The molecule has 1 saturated heterocycles. The summed E-state index contributed by atoms with van der Waals surface area (Å²) in [6.45, 7) is 2.19. The van der Waals surface area contributed by atoms with Gasteiger partial charge in [-0.15, -0.1) is 0 Å². The zero-order valence-electron chi connectivity index (χ0n) is 13.1. The molecule has 2 N–H and O–H groups in total. The Morgan fingerprint density at radius 2 is 2.08 bits per heavy atom. The molecule has 24 heavy (non-hydrogen) atoms. The van der Waals surface area contributed by atoms with E-state index in [0.29, 0.717) is 41.5 Å². The van der Waals surface area contributed by atoms with Gasteiger partial charge in [0.05, 0.1) is 10.0 Å². The van der Waals surface area contributed by atoms with Gasteiger partial charge in [0, 0.05) is 12.2 Å². The third-order valence-corrected chi connectivity index (χ3v) is 4.67. The Balaban J connectivity index is 2.08.